The van der Waals surface area contributed by atoms with Gasteiger partial charge in [0.05, 0.1) is 18.0 Å². The molecule has 0 spiro atoms. The molecule has 1 aromatic carbocycles. The summed E-state index contributed by atoms with van der Waals surface area (Å²) in [5, 5.41) is 0. The lowest BCUT2D eigenvalue weighted by molar-refractivity contribution is -0.132. The second-order valence-corrected chi connectivity index (χ2v) is 6.87. The minimum absolute atomic E-state index is 0.0156. The zero-order valence-electron chi connectivity index (χ0n) is 16.0. The van der Waals surface area contributed by atoms with Crippen molar-refractivity contribution in [1.29, 1.82) is 0 Å². The summed E-state index contributed by atoms with van der Waals surface area (Å²) in [6, 6.07) is 6.81. The molecule has 3 aromatic rings. The van der Waals surface area contributed by atoms with Crippen LogP contribution in [0, 0.1) is 11.6 Å². The van der Waals surface area contributed by atoms with Crippen molar-refractivity contribution < 1.29 is 27.2 Å². The van der Waals surface area contributed by atoms with E-state index in [0.717, 1.165) is 12.1 Å². The van der Waals surface area contributed by atoms with Crippen molar-refractivity contribution in [2.45, 2.75) is 12.8 Å². The van der Waals surface area contributed by atoms with Crippen LogP contribution in [0.25, 0.3) is 11.3 Å². The summed E-state index contributed by atoms with van der Waals surface area (Å²) in [5.74, 6) is -1.28. The number of furan rings is 1. The van der Waals surface area contributed by atoms with Gasteiger partial charge in [-0.1, -0.05) is 6.07 Å². The van der Waals surface area contributed by atoms with E-state index >= 15 is 0 Å². The maximum atomic E-state index is 13.9. The third-order valence-corrected chi connectivity index (χ3v) is 4.97. The fraction of sp³-hybridized carbons (Fsp3) is 0.286. The molecule has 0 aliphatic carbocycles. The fourth-order valence-corrected chi connectivity index (χ4v) is 3.36. The fourth-order valence-electron chi connectivity index (χ4n) is 3.36. The number of hydrogen-bond donors (Lipinski definition) is 0. The highest BCUT2D eigenvalue weighted by Gasteiger charge is 2.26. The van der Waals surface area contributed by atoms with Gasteiger partial charge in [-0.25, -0.2) is 13.8 Å². The molecule has 156 valence electrons. The second-order valence-electron chi connectivity index (χ2n) is 6.87. The van der Waals surface area contributed by atoms with Gasteiger partial charge in [0.15, 0.2) is 17.4 Å². The zero-order valence-corrected chi connectivity index (χ0v) is 16.0. The van der Waals surface area contributed by atoms with Crippen LogP contribution >= 0.6 is 0 Å². The van der Waals surface area contributed by atoms with Crippen LogP contribution in [0.5, 0.6) is 0 Å². The maximum absolute atomic E-state index is 13.9. The molecule has 0 radical (unpaired) electrons. The molecule has 3 heterocycles. The first-order valence-corrected chi connectivity index (χ1v) is 9.52. The van der Waals surface area contributed by atoms with Crippen molar-refractivity contribution in [3.63, 3.8) is 0 Å². The highest BCUT2D eigenvalue weighted by molar-refractivity contribution is 5.91. The average molecular weight is 415 g/mol. The Balaban J connectivity index is 1.30. The minimum Gasteiger partial charge on any atom is -0.459 e. The first-order valence-electron chi connectivity index (χ1n) is 9.52. The number of amides is 2. The Morgan fingerprint density at radius 2 is 1.70 bits per heavy atom. The molecular formula is C21H19F2N3O4. The predicted octanol–water partition coefficient (Wildman–Crippen LogP) is 3.13. The van der Waals surface area contributed by atoms with Crippen LogP contribution in [0.4, 0.5) is 8.78 Å². The van der Waals surface area contributed by atoms with E-state index in [1.165, 1.54) is 18.5 Å². The predicted molar refractivity (Wildman–Crippen MR) is 101 cm³/mol. The zero-order chi connectivity index (χ0) is 21.1. The number of carbonyl (C=O) groups excluding carboxylic acids is 2. The third-order valence-electron chi connectivity index (χ3n) is 4.97. The van der Waals surface area contributed by atoms with Gasteiger partial charge in [-0.15, -0.1) is 0 Å². The number of piperazine rings is 1. The van der Waals surface area contributed by atoms with Gasteiger partial charge in [0.25, 0.3) is 5.91 Å². The number of hydrogen-bond acceptors (Lipinski definition) is 5. The molecule has 0 bridgehead atoms. The Morgan fingerprint density at radius 1 is 1.00 bits per heavy atom. The van der Waals surface area contributed by atoms with Gasteiger partial charge in [-0.05, 0) is 24.3 Å². The maximum Gasteiger partial charge on any atom is 0.289 e. The number of aromatic nitrogens is 1. The molecule has 0 saturated carbocycles. The van der Waals surface area contributed by atoms with Gasteiger partial charge in [0, 0.05) is 39.0 Å². The number of benzene rings is 1. The molecule has 0 N–H and O–H groups in total. The standard InChI is InChI=1S/C21H19F2N3O4/c22-14-3-1-4-15(23)20(14)17-13-24-18(30-17)6-7-19(27)25-8-10-26(11-9-25)21(28)16-5-2-12-29-16/h1-5,12-13H,6-11H2. The first kappa shape index (κ1) is 19.8. The largest absolute Gasteiger partial charge is 0.459 e. The summed E-state index contributed by atoms with van der Waals surface area (Å²) < 4.78 is 38.3. The van der Waals surface area contributed by atoms with E-state index in [-0.39, 0.29) is 47.6 Å². The number of carbonyl (C=O) groups is 2. The molecular weight excluding hydrogens is 396 g/mol. The summed E-state index contributed by atoms with van der Waals surface area (Å²) in [5.41, 5.74) is -0.278. The van der Waals surface area contributed by atoms with Gasteiger partial charge in [-0.2, -0.15) is 0 Å². The van der Waals surface area contributed by atoms with Crippen molar-refractivity contribution in [1.82, 2.24) is 14.8 Å². The summed E-state index contributed by atoms with van der Waals surface area (Å²) in [6.07, 6.45) is 3.05. The van der Waals surface area contributed by atoms with Crippen LogP contribution < -0.4 is 0 Å². The van der Waals surface area contributed by atoms with Crippen molar-refractivity contribution in [2.75, 3.05) is 26.2 Å². The smallest absolute Gasteiger partial charge is 0.289 e. The molecule has 9 heteroatoms. The van der Waals surface area contributed by atoms with Crippen molar-refractivity contribution >= 4 is 11.8 Å². The molecule has 1 aliphatic heterocycles. The Morgan fingerprint density at radius 3 is 2.37 bits per heavy atom. The number of oxazole rings is 1. The summed E-state index contributed by atoms with van der Waals surface area (Å²) in [4.78, 5) is 32.1. The van der Waals surface area contributed by atoms with E-state index in [1.807, 2.05) is 0 Å². The highest BCUT2D eigenvalue weighted by Crippen LogP contribution is 2.26. The van der Waals surface area contributed by atoms with Gasteiger partial charge >= 0.3 is 0 Å². The van der Waals surface area contributed by atoms with Crippen LogP contribution in [0.3, 0.4) is 0 Å². The van der Waals surface area contributed by atoms with E-state index in [4.69, 9.17) is 8.83 Å². The van der Waals surface area contributed by atoms with E-state index < -0.39 is 11.6 Å². The third kappa shape index (κ3) is 4.10. The summed E-state index contributed by atoms with van der Waals surface area (Å²) >= 11 is 0. The number of rotatable bonds is 5. The van der Waals surface area contributed by atoms with E-state index in [0.29, 0.717) is 26.2 Å². The lowest BCUT2D eigenvalue weighted by Crippen LogP contribution is -2.50. The molecule has 1 fully saturated rings. The molecule has 0 atom stereocenters. The van der Waals surface area contributed by atoms with E-state index in [9.17, 15) is 18.4 Å². The normalized spacial score (nSPS) is 14.2. The SMILES string of the molecule is O=C(CCc1ncc(-c2c(F)cccc2F)o1)N1CCN(C(=O)c2ccco2)CC1. The Labute approximate surface area is 170 Å². The second kappa shape index (κ2) is 8.48. The molecule has 1 aliphatic rings. The van der Waals surface area contributed by atoms with Gasteiger partial charge in [0.1, 0.15) is 11.6 Å². The van der Waals surface area contributed by atoms with Crippen molar-refractivity contribution in [2.24, 2.45) is 0 Å². The summed E-state index contributed by atoms with van der Waals surface area (Å²) in [7, 11) is 0. The molecule has 2 amide bonds. The molecule has 2 aromatic heterocycles. The quantitative estimate of drug-likeness (QED) is 0.640. The monoisotopic (exact) mass is 415 g/mol. The van der Waals surface area contributed by atoms with Crippen LogP contribution in [-0.2, 0) is 11.2 Å². The van der Waals surface area contributed by atoms with Crippen molar-refractivity contribution in [3.8, 4) is 11.3 Å². The molecule has 7 nitrogen and oxygen atoms in total. The van der Waals surface area contributed by atoms with Gasteiger partial charge in [-0.3, -0.25) is 9.59 Å². The van der Waals surface area contributed by atoms with Gasteiger partial charge in [0.2, 0.25) is 5.91 Å². The number of nitrogens with zero attached hydrogens (tertiary/aromatic N) is 3. The molecule has 30 heavy (non-hydrogen) atoms. The highest BCUT2D eigenvalue weighted by atomic mass is 19.1. The van der Waals surface area contributed by atoms with Crippen LogP contribution in [0.2, 0.25) is 0 Å². The Kier molecular flexibility index (Phi) is 5.60. The lowest BCUT2D eigenvalue weighted by Gasteiger charge is -2.34. The van der Waals surface area contributed by atoms with Gasteiger partial charge < -0.3 is 18.6 Å². The lowest BCUT2D eigenvalue weighted by atomic mass is 10.1. The van der Waals surface area contributed by atoms with Crippen LogP contribution in [0.15, 0.2) is 51.6 Å². The Hall–Kier alpha value is -3.49. The first-order chi connectivity index (χ1) is 14.5. The summed E-state index contributed by atoms with van der Waals surface area (Å²) in [6.45, 7) is 1.67. The molecule has 1 saturated heterocycles. The van der Waals surface area contributed by atoms with Crippen LogP contribution in [0.1, 0.15) is 22.9 Å². The average Bonchev–Trinajstić information content (AvgIpc) is 3.44. The van der Waals surface area contributed by atoms with E-state index in [2.05, 4.69) is 4.98 Å². The number of aryl methyl sites for hydroxylation is 1. The Bertz CT molecular complexity index is 1020. The molecule has 0 unspecified atom stereocenters. The minimum atomic E-state index is -0.740. The number of halogens is 2. The van der Waals surface area contributed by atoms with E-state index in [1.54, 1.807) is 21.9 Å². The topological polar surface area (TPSA) is 79.8 Å². The van der Waals surface area contributed by atoms with Crippen LogP contribution in [-0.4, -0.2) is 52.8 Å². The van der Waals surface area contributed by atoms with Crippen molar-refractivity contribution in [3.05, 3.63) is 66.1 Å². The molecule has 4 rings (SSSR count).